The Bertz CT molecular complexity index is 573. The van der Waals surface area contributed by atoms with Crippen molar-refractivity contribution in [2.24, 2.45) is 16.6 Å². The molecule has 0 amide bonds. The van der Waals surface area contributed by atoms with Gasteiger partial charge < -0.3 is 46.1 Å². The van der Waals surface area contributed by atoms with Crippen LogP contribution in [0.4, 0.5) is 0 Å². The molecule has 3 rings (SSSR count). The molecule has 2 fully saturated rings. The fourth-order valence-electron chi connectivity index (χ4n) is 3.94. The van der Waals surface area contributed by atoms with Crippen LogP contribution in [-0.4, -0.2) is 92.5 Å². The van der Waals surface area contributed by atoms with Crippen molar-refractivity contribution in [2.75, 3.05) is 13.2 Å². The number of rotatable bonds is 3. The van der Waals surface area contributed by atoms with Gasteiger partial charge in [0, 0.05) is 6.61 Å². The second kappa shape index (κ2) is 5.51. The predicted molar refractivity (Wildman–Crippen MR) is 76.3 cm³/mol. The van der Waals surface area contributed by atoms with Crippen LogP contribution in [0.15, 0.2) is 4.99 Å². The quantitative estimate of drug-likeness (QED) is 0.245. The van der Waals surface area contributed by atoms with E-state index < -0.39 is 60.3 Å². The largest absolute Gasteiger partial charge is 0.457 e. The highest BCUT2D eigenvalue weighted by atomic mass is 16.6. The van der Waals surface area contributed by atoms with E-state index in [2.05, 4.69) is 10.3 Å². The number of aliphatic hydroxyl groups excluding tert-OH is 4. The van der Waals surface area contributed by atoms with Gasteiger partial charge >= 0.3 is 5.97 Å². The van der Waals surface area contributed by atoms with E-state index in [1.165, 1.54) is 0 Å². The molecule has 0 aromatic carbocycles. The van der Waals surface area contributed by atoms with E-state index >= 15 is 0 Å². The van der Waals surface area contributed by atoms with Crippen LogP contribution in [0.1, 0.15) is 6.92 Å². The average molecular weight is 347 g/mol. The summed E-state index contributed by atoms with van der Waals surface area (Å²) in [5.41, 5.74) is 1.46. The molecule has 1 saturated carbocycles. The zero-order chi connectivity index (χ0) is 17.9. The molecule has 8 atom stereocenters. The van der Waals surface area contributed by atoms with E-state index in [0.717, 1.165) is 0 Å². The van der Waals surface area contributed by atoms with Gasteiger partial charge in [-0.15, -0.1) is 0 Å². The molecular formula is C13H21N3O8. The van der Waals surface area contributed by atoms with Gasteiger partial charge in [-0.3, -0.25) is 0 Å². The zero-order valence-electron chi connectivity index (χ0n) is 12.9. The van der Waals surface area contributed by atoms with Crippen molar-refractivity contribution in [3.63, 3.8) is 0 Å². The fraction of sp³-hybridized carbons (Fsp3) is 0.846. The Labute approximate surface area is 136 Å². The number of nitrogens with one attached hydrogen (secondary N) is 1. The summed E-state index contributed by atoms with van der Waals surface area (Å²) in [6.45, 7) is 0.857. The normalized spacial score (nSPS) is 50.4. The average Bonchev–Trinajstić information content (AvgIpc) is 2.55. The van der Waals surface area contributed by atoms with Crippen molar-refractivity contribution in [2.45, 2.75) is 48.7 Å². The highest BCUT2D eigenvalue weighted by Gasteiger charge is 2.75. The highest BCUT2D eigenvalue weighted by Crippen LogP contribution is 2.50. The lowest BCUT2D eigenvalue weighted by atomic mass is 9.57. The van der Waals surface area contributed by atoms with Crippen molar-refractivity contribution < 1.29 is 39.8 Å². The summed E-state index contributed by atoms with van der Waals surface area (Å²) in [7, 11) is 0. The Morgan fingerprint density at radius 2 is 2.04 bits per heavy atom. The molecule has 1 saturated heterocycles. The minimum Gasteiger partial charge on any atom is -0.457 e. The number of guanidine groups is 1. The number of nitrogens with zero attached hydrogens (tertiary/aromatic N) is 1. The third-order valence-electron chi connectivity index (χ3n) is 5.10. The first-order valence-electron chi connectivity index (χ1n) is 7.55. The molecule has 11 heteroatoms. The van der Waals surface area contributed by atoms with E-state index in [1.807, 2.05) is 0 Å². The number of nitrogens with two attached hydrogens (primary N) is 1. The maximum absolute atomic E-state index is 12.1. The SMILES string of the molecule is CCO[C@H]1N=C(N)NC23C(O)[C@@H](O)[C@](O)(CO)[C@H](OC(=O)[C@H]2O)[C@H]13. The molecule has 0 spiro atoms. The highest BCUT2D eigenvalue weighted by molar-refractivity contribution is 5.85. The first-order valence-corrected chi connectivity index (χ1v) is 7.55. The Morgan fingerprint density at radius 3 is 2.62 bits per heavy atom. The van der Waals surface area contributed by atoms with E-state index in [0.29, 0.717) is 0 Å². The van der Waals surface area contributed by atoms with Gasteiger partial charge in [-0.05, 0) is 6.92 Å². The Hall–Kier alpha value is -1.50. The summed E-state index contributed by atoms with van der Waals surface area (Å²) >= 11 is 0. The predicted octanol–water partition coefficient (Wildman–Crippen LogP) is -4.63. The number of hydrogen-bond acceptors (Lipinski definition) is 11. The second-order valence-electron chi connectivity index (χ2n) is 6.24. The van der Waals surface area contributed by atoms with Gasteiger partial charge in [0.1, 0.15) is 23.9 Å². The molecule has 3 aliphatic rings. The van der Waals surface area contributed by atoms with Crippen LogP contribution in [0.5, 0.6) is 0 Å². The van der Waals surface area contributed by atoms with Crippen LogP contribution >= 0.6 is 0 Å². The molecule has 2 bridgehead atoms. The van der Waals surface area contributed by atoms with Crippen molar-refractivity contribution >= 4 is 11.9 Å². The van der Waals surface area contributed by atoms with Gasteiger partial charge in [0.2, 0.25) is 0 Å². The number of carbonyl (C=O) groups is 1. The minimum atomic E-state index is -2.36. The van der Waals surface area contributed by atoms with Gasteiger partial charge in [0.05, 0.1) is 12.5 Å². The molecule has 136 valence electrons. The molecule has 8 N–H and O–H groups in total. The van der Waals surface area contributed by atoms with Gasteiger partial charge in [-0.25, -0.2) is 9.79 Å². The monoisotopic (exact) mass is 347 g/mol. The number of ether oxygens (including phenoxy) is 2. The zero-order valence-corrected chi connectivity index (χ0v) is 12.9. The summed E-state index contributed by atoms with van der Waals surface area (Å²) < 4.78 is 10.5. The number of esters is 1. The topological polar surface area (TPSA) is 187 Å². The molecule has 0 aromatic heterocycles. The summed E-state index contributed by atoms with van der Waals surface area (Å²) in [5.74, 6) is -2.45. The van der Waals surface area contributed by atoms with Crippen LogP contribution < -0.4 is 11.1 Å². The first-order chi connectivity index (χ1) is 11.2. The third-order valence-corrected chi connectivity index (χ3v) is 5.10. The molecule has 2 unspecified atom stereocenters. The molecule has 24 heavy (non-hydrogen) atoms. The van der Waals surface area contributed by atoms with Crippen LogP contribution in [0.2, 0.25) is 0 Å². The molecular weight excluding hydrogens is 326 g/mol. The number of aliphatic hydroxyl groups is 5. The van der Waals surface area contributed by atoms with E-state index in [1.54, 1.807) is 6.92 Å². The lowest BCUT2D eigenvalue weighted by Gasteiger charge is -2.63. The second-order valence-corrected chi connectivity index (χ2v) is 6.24. The summed E-state index contributed by atoms with van der Waals surface area (Å²) in [6, 6.07) is 0. The maximum Gasteiger partial charge on any atom is 0.337 e. The van der Waals surface area contributed by atoms with Gasteiger partial charge in [-0.2, -0.15) is 0 Å². The van der Waals surface area contributed by atoms with Crippen LogP contribution in [0.25, 0.3) is 0 Å². The first kappa shape index (κ1) is 17.3. The lowest BCUT2D eigenvalue weighted by molar-refractivity contribution is -0.311. The number of aliphatic imine (C=N–C) groups is 1. The Morgan fingerprint density at radius 1 is 1.38 bits per heavy atom. The van der Waals surface area contributed by atoms with E-state index in [4.69, 9.17) is 15.2 Å². The van der Waals surface area contributed by atoms with Gasteiger partial charge in [0.15, 0.2) is 23.9 Å². The van der Waals surface area contributed by atoms with Crippen LogP contribution in [0, 0.1) is 5.92 Å². The van der Waals surface area contributed by atoms with Crippen molar-refractivity contribution in [3.8, 4) is 0 Å². The van der Waals surface area contributed by atoms with Crippen molar-refractivity contribution in [1.29, 1.82) is 0 Å². The van der Waals surface area contributed by atoms with Gasteiger partial charge in [-0.1, -0.05) is 0 Å². The smallest absolute Gasteiger partial charge is 0.337 e. The van der Waals surface area contributed by atoms with Gasteiger partial charge in [0.25, 0.3) is 0 Å². The van der Waals surface area contributed by atoms with E-state index in [-0.39, 0.29) is 12.6 Å². The third kappa shape index (κ3) is 1.93. The summed E-state index contributed by atoms with van der Waals surface area (Å²) in [5, 5.41) is 54.1. The molecule has 0 radical (unpaired) electrons. The maximum atomic E-state index is 12.1. The van der Waals surface area contributed by atoms with Crippen LogP contribution in [-0.2, 0) is 14.3 Å². The summed E-state index contributed by atoms with van der Waals surface area (Å²) in [6.07, 6.45) is -8.26. The fourth-order valence-corrected chi connectivity index (χ4v) is 3.94. The van der Waals surface area contributed by atoms with Crippen LogP contribution in [0.3, 0.4) is 0 Å². The molecule has 2 heterocycles. The van der Waals surface area contributed by atoms with E-state index in [9.17, 15) is 30.3 Å². The lowest BCUT2D eigenvalue weighted by Crippen LogP contribution is -2.88. The molecule has 1 aliphatic carbocycles. The number of carbonyl (C=O) groups excluding carboxylic acids is 1. The van der Waals surface area contributed by atoms with Crippen molar-refractivity contribution in [1.82, 2.24) is 5.32 Å². The van der Waals surface area contributed by atoms with Crippen molar-refractivity contribution in [3.05, 3.63) is 0 Å². The Balaban J connectivity index is 2.21. The number of hydrogen-bond donors (Lipinski definition) is 7. The Kier molecular flexibility index (Phi) is 3.98. The standard InChI is InChI=1S/C13H21N3O8/c1-2-23-9-4-8-12(22,3-17)5(18)6(19)13(4,16-11(14)15-9)7(20)10(21)24-8/h4-9,17-20,22H,2-3H2,1H3,(H3,14,15,16)/t4-,5-,6?,7-,8-,9-,12-,13?/m1/s1. The minimum absolute atomic E-state index is 0.182. The molecule has 2 aliphatic heterocycles. The summed E-state index contributed by atoms with van der Waals surface area (Å²) in [4.78, 5) is 16.1. The molecule has 0 aromatic rings. The molecule has 11 nitrogen and oxygen atoms in total.